The number of halogens is 1. The Morgan fingerprint density at radius 3 is 2.40 bits per heavy atom. The lowest BCUT2D eigenvalue weighted by Crippen LogP contribution is -2.43. The molecule has 3 rings (SSSR count). The molecule has 1 fully saturated rings. The summed E-state index contributed by atoms with van der Waals surface area (Å²) in [7, 11) is 0. The second-order valence-electron chi connectivity index (χ2n) is 8.88. The minimum Gasteiger partial charge on any atom is -0.444 e. The molecule has 0 spiro atoms. The number of aryl methyl sites for hydroxylation is 1. The second-order valence-corrected chi connectivity index (χ2v) is 9.63. The van der Waals surface area contributed by atoms with E-state index in [0.29, 0.717) is 48.7 Å². The van der Waals surface area contributed by atoms with E-state index in [-0.39, 0.29) is 28.3 Å². The molecule has 164 valence electrons. The van der Waals surface area contributed by atoms with Crippen LogP contribution < -0.4 is 10.9 Å². The number of nitrogens with one attached hydrogen (secondary N) is 1. The average molecular weight is 481 g/mol. The van der Waals surface area contributed by atoms with E-state index in [1.165, 1.54) is 0 Å². The van der Waals surface area contributed by atoms with Gasteiger partial charge in [0.25, 0.3) is 5.56 Å². The smallest absolute Gasteiger partial charge is 0.410 e. The molecule has 0 bridgehead atoms. The van der Waals surface area contributed by atoms with Crippen LogP contribution in [-0.2, 0) is 4.74 Å². The molecule has 0 saturated carbocycles. The summed E-state index contributed by atoms with van der Waals surface area (Å²) in [6, 6.07) is 0.0571. The van der Waals surface area contributed by atoms with Crippen LogP contribution in [0.4, 0.5) is 10.7 Å². The number of hydrogen-bond donors (Lipinski definition) is 1. The Labute approximate surface area is 184 Å². The van der Waals surface area contributed by atoms with Crippen LogP contribution in [0.2, 0.25) is 0 Å². The Morgan fingerprint density at radius 1 is 1.20 bits per heavy atom. The van der Waals surface area contributed by atoms with Gasteiger partial charge < -0.3 is 15.0 Å². The number of hydrogen-bond acceptors (Lipinski definition) is 7. The summed E-state index contributed by atoms with van der Waals surface area (Å²) in [6.07, 6.45) is 0.928. The molecule has 0 unspecified atom stereocenters. The minimum absolute atomic E-state index is 0.0980. The van der Waals surface area contributed by atoms with Crippen LogP contribution in [0.3, 0.4) is 0 Å². The summed E-state index contributed by atoms with van der Waals surface area (Å²) >= 11 is 3.29. The third-order valence-electron chi connectivity index (χ3n) is 4.77. The zero-order chi connectivity index (χ0) is 22.2. The van der Waals surface area contributed by atoms with E-state index in [4.69, 9.17) is 4.74 Å². The summed E-state index contributed by atoms with van der Waals surface area (Å²) in [5, 5.41) is 3.20. The number of carbonyl (C=O) groups excluding carboxylic acids is 1. The first-order valence-electron chi connectivity index (χ1n) is 10.2. The number of piperidine rings is 1. The van der Waals surface area contributed by atoms with Crippen LogP contribution in [0.25, 0.3) is 11.2 Å². The molecule has 9 nitrogen and oxygen atoms in total. The zero-order valence-electron chi connectivity index (χ0n) is 18.3. The summed E-state index contributed by atoms with van der Waals surface area (Å²) in [5.74, 6) is 0.471. The van der Waals surface area contributed by atoms with Gasteiger partial charge in [-0.15, -0.1) is 0 Å². The number of nitrogens with zero attached hydrogens (tertiary/aromatic N) is 5. The lowest BCUT2D eigenvalue weighted by atomic mass is 10.0. The topological polar surface area (TPSA) is 102 Å². The fourth-order valence-electron chi connectivity index (χ4n) is 3.49. The third kappa shape index (κ3) is 4.91. The lowest BCUT2D eigenvalue weighted by molar-refractivity contribution is 0.0188. The number of rotatable bonds is 3. The van der Waals surface area contributed by atoms with Crippen LogP contribution in [0.5, 0.6) is 0 Å². The zero-order valence-corrected chi connectivity index (χ0v) is 19.9. The molecule has 0 aliphatic carbocycles. The van der Waals surface area contributed by atoms with Crippen molar-refractivity contribution in [3.05, 3.63) is 20.7 Å². The highest BCUT2D eigenvalue weighted by Gasteiger charge is 2.29. The van der Waals surface area contributed by atoms with Crippen molar-refractivity contribution < 1.29 is 9.53 Å². The molecule has 1 aliphatic heterocycles. The molecule has 1 amide bonds. The predicted octanol–water partition coefficient (Wildman–Crippen LogP) is 3.65. The molecule has 1 N–H and O–H groups in total. The van der Waals surface area contributed by atoms with Crippen molar-refractivity contribution in [2.45, 2.75) is 72.1 Å². The van der Waals surface area contributed by atoms with Gasteiger partial charge in [0.2, 0.25) is 5.95 Å². The van der Waals surface area contributed by atoms with E-state index in [0.717, 1.165) is 0 Å². The van der Waals surface area contributed by atoms with E-state index < -0.39 is 5.60 Å². The van der Waals surface area contributed by atoms with E-state index in [9.17, 15) is 9.59 Å². The Balaban J connectivity index is 1.94. The van der Waals surface area contributed by atoms with Crippen molar-refractivity contribution in [2.24, 2.45) is 0 Å². The Hall–Kier alpha value is -2.23. The Morgan fingerprint density at radius 2 is 1.83 bits per heavy atom. The minimum atomic E-state index is -0.536. The van der Waals surface area contributed by atoms with Gasteiger partial charge in [0, 0.05) is 25.2 Å². The van der Waals surface area contributed by atoms with E-state index in [1.54, 1.807) is 9.47 Å². The van der Waals surface area contributed by atoms with Gasteiger partial charge in [-0.25, -0.2) is 14.8 Å². The van der Waals surface area contributed by atoms with Gasteiger partial charge in [0.15, 0.2) is 10.3 Å². The van der Waals surface area contributed by atoms with Crippen molar-refractivity contribution in [2.75, 3.05) is 18.4 Å². The van der Waals surface area contributed by atoms with Crippen molar-refractivity contribution in [1.82, 2.24) is 24.4 Å². The van der Waals surface area contributed by atoms with Crippen LogP contribution in [0.1, 0.15) is 59.2 Å². The molecule has 2 aromatic rings. The van der Waals surface area contributed by atoms with Gasteiger partial charge in [-0.3, -0.25) is 9.36 Å². The van der Waals surface area contributed by atoms with Crippen molar-refractivity contribution in [1.29, 1.82) is 0 Å². The quantitative estimate of drug-likeness (QED) is 0.714. The molecule has 10 heteroatoms. The monoisotopic (exact) mass is 480 g/mol. The molecule has 2 aromatic heterocycles. The van der Waals surface area contributed by atoms with Crippen molar-refractivity contribution in [3.63, 3.8) is 0 Å². The third-order valence-corrected chi connectivity index (χ3v) is 5.29. The van der Waals surface area contributed by atoms with Gasteiger partial charge in [-0.05, 0) is 70.3 Å². The first kappa shape index (κ1) is 22.5. The van der Waals surface area contributed by atoms with Gasteiger partial charge in [0.05, 0.1) is 5.69 Å². The summed E-state index contributed by atoms with van der Waals surface area (Å²) in [6.45, 7) is 12.4. The number of carbonyl (C=O) groups is 1. The lowest BCUT2D eigenvalue weighted by Gasteiger charge is -2.34. The van der Waals surface area contributed by atoms with E-state index in [1.807, 2.05) is 41.5 Å². The van der Waals surface area contributed by atoms with Gasteiger partial charge in [-0.2, -0.15) is 4.98 Å². The number of anilines is 1. The molecule has 1 aliphatic rings. The van der Waals surface area contributed by atoms with Gasteiger partial charge >= 0.3 is 6.09 Å². The molecular formula is C20H29BrN6O3. The summed E-state index contributed by atoms with van der Waals surface area (Å²) < 4.78 is 7.40. The molecule has 0 radical (unpaired) electrons. The fraction of sp³-hybridized carbons (Fsp3) is 0.650. The molecule has 3 heterocycles. The van der Waals surface area contributed by atoms with Crippen LogP contribution in [0.15, 0.2) is 9.40 Å². The Bertz CT molecular complexity index is 1010. The maximum atomic E-state index is 13.0. The van der Waals surface area contributed by atoms with E-state index in [2.05, 4.69) is 36.2 Å². The summed E-state index contributed by atoms with van der Waals surface area (Å²) in [5.41, 5.74) is 1.03. The maximum Gasteiger partial charge on any atom is 0.410 e. The SMILES string of the molecule is Cc1nc(NC(C)C)nc2c1nc(Br)c(=O)n2C1CCN(C(=O)OC(C)(C)C)CC1. The summed E-state index contributed by atoms with van der Waals surface area (Å²) in [4.78, 5) is 40.5. The fourth-order valence-corrected chi connectivity index (χ4v) is 3.86. The molecular weight excluding hydrogens is 452 g/mol. The highest BCUT2D eigenvalue weighted by atomic mass is 79.9. The van der Waals surface area contributed by atoms with Crippen LogP contribution >= 0.6 is 15.9 Å². The number of likely N-dealkylation sites (tertiary alicyclic amines) is 1. The first-order chi connectivity index (χ1) is 14.0. The van der Waals surface area contributed by atoms with Gasteiger partial charge in [-0.1, -0.05) is 0 Å². The normalized spacial score (nSPS) is 15.7. The van der Waals surface area contributed by atoms with Crippen molar-refractivity contribution in [3.8, 4) is 0 Å². The van der Waals surface area contributed by atoms with Crippen LogP contribution in [-0.4, -0.2) is 55.2 Å². The highest BCUT2D eigenvalue weighted by molar-refractivity contribution is 9.10. The second kappa shape index (κ2) is 8.49. The van der Waals surface area contributed by atoms with Crippen molar-refractivity contribution >= 4 is 39.1 Å². The predicted molar refractivity (Wildman–Crippen MR) is 119 cm³/mol. The number of amides is 1. The standard InChI is InChI=1S/C20H29BrN6O3/c1-11(2)22-18-23-12(3)14-16(25-18)27(17(28)15(21)24-14)13-7-9-26(10-8-13)19(29)30-20(4,5)6/h11,13H,7-10H2,1-6H3,(H,22,23,25). The maximum absolute atomic E-state index is 13.0. The molecule has 0 atom stereocenters. The molecule has 0 aromatic carbocycles. The highest BCUT2D eigenvalue weighted by Crippen LogP contribution is 2.27. The van der Waals surface area contributed by atoms with Gasteiger partial charge in [0.1, 0.15) is 11.1 Å². The van der Waals surface area contributed by atoms with E-state index >= 15 is 0 Å². The first-order valence-corrected chi connectivity index (χ1v) is 11.0. The van der Waals surface area contributed by atoms with Crippen LogP contribution in [0, 0.1) is 6.92 Å². The largest absolute Gasteiger partial charge is 0.444 e. The Kier molecular flexibility index (Phi) is 6.35. The number of ether oxygens (including phenoxy) is 1. The molecule has 30 heavy (non-hydrogen) atoms. The number of fused-ring (bicyclic) bond motifs is 1. The number of aromatic nitrogens is 4. The average Bonchev–Trinajstić information content (AvgIpc) is 2.62. The molecule has 1 saturated heterocycles.